The quantitative estimate of drug-likeness (QED) is 0.903. The van der Waals surface area contributed by atoms with Crippen LogP contribution in [0.3, 0.4) is 0 Å². The molecule has 2 rings (SSSR count). The monoisotopic (exact) mass is 322 g/mol. The van der Waals surface area contributed by atoms with Crippen LogP contribution in [-0.4, -0.2) is 31.1 Å². The van der Waals surface area contributed by atoms with Crippen molar-refractivity contribution in [3.63, 3.8) is 0 Å². The van der Waals surface area contributed by atoms with Crippen molar-refractivity contribution in [2.75, 3.05) is 25.5 Å². The smallest absolute Gasteiger partial charge is 0.321 e. The number of rotatable bonds is 5. The molecule has 0 atom stereocenters. The molecule has 0 saturated carbocycles. The number of urea groups is 1. The van der Waals surface area contributed by atoms with Crippen molar-refractivity contribution in [1.82, 2.24) is 4.90 Å². The number of anilines is 1. The minimum absolute atomic E-state index is 0.169. The van der Waals surface area contributed by atoms with Crippen molar-refractivity contribution >= 4 is 23.3 Å². The summed E-state index contributed by atoms with van der Waals surface area (Å²) in [6.07, 6.45) is 0. The Balaban J connectivity index is 1.82. The maximum Gasteiger partial charge on any atom is 0.321 e. The van der Waals surface area contributed by atoms with E-state index in [9.17, 15) is 9.18 Å². The number of ether oxygens (including phenoxy) is 1. The summed E-state index contributed by atoms with van der Waals surface area (Å²) in [5.74, 6) is -0.256. The molecule has 0 fully saturated rings. The van der Waals surface area contributed by atoms with Gasteiger partial charge in [-0.05, 0) is 24.3 Å². The van der Waals surface area contributed by atoms with Crippen molar-refractivity contribution in [1.29, 1.82) is 0 Å². The lowest BCUT2D eigenvalue weighted by molar-refractivity contribution is 0.206. The minimum atomic E-state index is -0.425. The van der Waals surface area contributed by atoms with Gasteiger partial charge in [0.25, 0.3) is 0 Å². The highest BCUT2D eigenvalue weighted by molar-refractivity contribution is 6.33. The van der Waals surface area contributed by atoms with Crippen LogP contribution >= 0.6 is 11.6 Å². The van der Waals surface area contributed by atoms with Crippen molar-refractivity contribution in [2.45, 2.75) is 0 Å². The maximum absolute atomic E-state index is 13.4. The van der Waals surface area contributed by atoms with Gasteiger partial charge < -0.3 is 15.0 Å². The minimum Gasteiger partial charge on any atom is -0.489 e. The molecule has 22 heavy (non-hydrogen) atoms. The molecular formula is C16H16ClFN2O2. The third-order valence-corrected chi connectivity index (χ3v) is 3.31. The summed E-state index contributed by atoms with van der Waals surface area (Å²) in [6.45, 7) is 0.498. The Labute approximate surface area is 133 Å². The number of hydrogen-bond donors (Lipinski definition) is 1. The van der Waals surface area contributed by atoms with Crippen LogP contribution in [0.2, 0.25) is 5.02 Å². The molecule has 1 N–H and O–H groups in total. The highest BCUT2D eigenvalue weighted by Gasteiger charge is 2.11. The van der Waals surface area contributed by atoms with E-state index in [1.807, 2.05) is 0 Å². The number of likely N-dealkylation sites (N-methyl/N-ethyl adjacent to an activating group) is 1. The average Bonchev–Trinajstić information content (AvgIpc) is 2.51. The largest absolute Gasteiger partial charge is 0.489 e. The number of para-hydroxylation sites is 2. The molecular weight excluding hydrogens is 307 g/mol. The van der Waals surface area contributed by atoms with Gasteiger partial charge in [0, 0.05) is 7.05 Å². The molecule has 0 aliphatic rings. The van der Waals surface area contributed by atoms with Crippen LogP contribution < -0.4 is 10.1 Å². The Morgan fingerprint density at radius 3 is 2.64 bits per heavy atom. The first kappa shape index (κ1) is 16.1. The Bertz CT molecular complexity index is 652. The van der Waals surface area contributed by atoms with Gasteiger partial charge in [0.2, 0.25) is 0 Å². The summed E-state index contributed by atoms with van der Waals surface area (Å²) < 4.78 is 18.7. The molecule has 4 nitrogen and oxygen atoms in total. The third-order valence-electron chi connectivity index (χ3n) is 2.98. The van der Waals surface area contributed by atoms with Crippen molar-refractivity contribution in [2.24, 2.45) is 0 Å². The zero-order valence-corrected chi connectivity index (χ0v) is 12.8. The second-order valence-corrected chi connectivity index (χ2v) is 5.02. The van der Waals surface area contributed by atoms with Crippen LogP contribution in [0.5, 0.6) is 5.75 Å². The number of carbonyl (C=O) groups excluding carboxylic acids is 1. The summed E-state index contributed by atoms with van der Waals surface area (Å²) in [5.41, 5.74) is 0.538. The molecule has 0 saturated heterocycles. The SMILES string of the molecule is CN(CCOc1ccccc1F)C(=O)Nc1ccccc1Cl. The highest BCUT2D eigenvalue weighted by Crippen LogP contribution is 2.20. The average molecular weight is 323 g/mol. The molecule has 0 spiro atoms. The van der Waals surface area contributed by atoms with Gasteiger partial charge >= 0.3 is 6.03 Å². The van der Waals surface area contributed by atoms with E-state index in [1.54, 1.807) is 49.5 Å². The van der Waals surface area contributed by atoms with E-state index in [1.165, 1.54) is 11.0 Å². The number of nitrogens with zero attached hydrogens (tertiary/aromatic N) is 1. The summed E-state index contributed by atoms with van der Waals surface area (Å²) >= 11 is 5.98. The van der Waals surface area contributed by atoms with E-state index in [4.69, 9.17) is 16.3 Å². The second kappa shape index (κ2) is 7.66. The standard InChI is InChI=1S/C16H16ClFN2O2/c1-20(10-11-22-15-9-5-3-7-13(15)18)16(21)19-14-8-4-2-6-12(14)17/h2-9H,10-11H2,1H3,(H,19,21). The fraction of sp³-hybridized carbons (Fsp3) is 0.188. The zero-order valence-electron chi connectivity index (χ0n) is 12.1. The number of halogens is 2. The van der Waals surface area contributed by atoms with E-state index in [0.29, 0.717) is 17.3 Å². The molecule has 0 aromatic heterocycles. The lowest BCUT2D eigenvalue weighted by Crippen LogP contribution is -2.34. The Morgan fingerprint density at radius 2 is 1.91 bits per heavy atom. The number of nitrogens with one attached hydrogen (secondary N) is 1. The normalized spacial score (nSPS) is 10.1. The van der Waals surface area contributed by atoms with Crippen LogP contribution in [-0.2, 0) is 0 Å². The molecule has 2 aromatic carbocycles. The maximum atomic E-state index is 13.4. The first-order chi connectivity index (χ1) is 10.6. The Morgan fingerprint density at radius 1 is 1.23 bits per heavy atom. The van der Waals surface area contributed by atoms with E-state index in [-0.39, 0.29) is 18.4 Å². The highest BCUT2D eigenvalue weighted by atomic mass is 35.5. The summed E-state index contributed by atoms with van der Waals surface area (Å²) in [6, 6.07) is 12.8. The first-order valence-electron chi connectivity index (χ1n) is 6.72. The van der Waals surface area contributed by atoms with Crippen LogP contribution in [0.25, 0.3) is 0 Å². The molecule has 2 aromatic rings. The van der Waals surface area contributed by atoms with E-state index in [2.05, 4.69) is 5.32 Å². The van der Waals surface area contributed by atoms with Gasteiger partial charge in [-0.3, -0.25) is 0 Å². The number of carbonyl (C=O) groups is 1. The fourth-order valence-electron chi connectivity index (χ4n) is 1.73. The third kappa shape index (κ3) is 4.36. The van der Waals surface area contributed by atoms with Gasteiger partial charge in [0.05, 0.1) is 17.3 Å². The van der Waals surface area contributed by atoms with Gasteiger partial charge in [-0.25, -0.2) is 9.18 Å². The lowest BCUT2D eigenvalue weighted by atomic mass is 10.3. The summed E-state index contributed by atoms with van der Waals surface area (Å²) in [4.78, 5) is 13.4. The molecule has 0 radical (unpaired) electrons. The van der Waals surface area contributed by atoms with Crippen LogP contribution in [0.1, 0.15) is 0 Å². The molecule has 116 valence electrons. The predicted molar refractivity (Wildman–Crippen MR) is 85.0 cm³/mol. The summed E-state index contributed by atoms with van der Waals surface area (Å²) in [7, 11) is 1.62. The second-order valence-electron chi connectivity index (χ2n) is 4.61. The number of amides is 2. The molecule has 0 bridgehead atoms. The fourth-order valence-corrected chi connectivity index (χ4v) is 1.91. The van der Waals surface area contributed by atoms with Crippen LogP contribution in [0.4, 0.5) is 14.9 Å². The van der Waals surface area contributed by atoms with Crippen molar-refractivity contribution in [3.8, 4) is 5.75 Å². The van der Waals surface area contributed by atoms with Gasteiger partial charge in [0.1, 0.15) is 6.61 Å². The van der Waals surface area contributed by atoms with Gasteiger partial charge in [-0.1, -0.05) is 35.9 Å². The van der Waals surface area contributed by atoms with Crippen molar-refractivity contribution < 1.29 is 13.9 Å². The lowest BCUT2D eigenvalue weighted by Gasteiger charge is -2.18. The summed E-state index contributed by atoms with van der Waals surface area (Å²) in [5, 5.41) is 3.16. The predicted octanol–water partition coefficient (Wildman–Crippen LogP) is 4.02. The van der Waals surface area contributed by atoms with Gasteiger partial charge in [-0.2, -0.15) is 0 Å². The van der Waals surface area contributed by atoms with E-state index < -0.39 is 5.82 Å². The number of benzene rings is 2. The first-order valence-corrected chi connectivity index (χ1v) is 7.09. The molecule has 0 heterocycles. The van der Waals surface area contributed by atoms with Crippen molar-refractivity contribution in [3.05, 3.63) is 59.4 Å². The Kier molecular flexibility index (Phi) is 5.61. The van der Waals surface area contributed by atoms with Gasteiger partial charge in [0.15, 0.2) is 11.6 Å². The topological polar surface area (TPSA) is 41.6 Å². The van der Waals surface area contributed by atoms with E-state index in [0.717, 1.165) is 0 Å². The molecule has 2 amide bonds. The van der Waals surface area contributed by atoms with Crippen LogP contribution in [0, 0.1) is 5.82 Å². The van der Waals surface area contributed by atoms with E-state index >= 15 is 0 Å². The number of hydrogen-bond acceptors (Lipinski definition) is 2. The zero-order chi connectivity index (χ0) is 15.9. The molecule has 0 aliphatic heterocycles. The Hall–Kier alpha value is -2.27. The van der Waals surface area contributed by atoms with Gasteiger partial charge in [-0.15, -0.1) is 0 Å². The molecule has 6 heteroatoms. The van der Waals surface area contributed by atoms with Crippen LogP contribution in [0.15, 0.2) is 48.5 Å². The molecule has 0 unspecified atom stereocenters. The molecule has 0 aliphatic carbocycles.